The molecule has 1 saturated heterocycles. The lowest BCUT2D eigenvalue weighted by Crippen LogP contribution is -2.69. The molecule has 4 aromatic carbocycles. The Balaban J connectivity index is 0.959. The zero-order chi connectivity index (χ0) is 37.8. The maximum Gasteiger partial charge on any atom is 0.233 e. The van der Waals surface area contributed by atoms with Crippen molar-refractivity contribution in [3.05, 3.63) is 71.8 Å². The Morgan fingerprint density at radius 3 is 1.96 bits per heavy atom. The van der Waals surface area contributed by atoms with Gasteiger partial charge in [0.2, 0.25) is 18.1 Å². The number of amides is 2. The van der Waals surface area contributed by atoms with E-state index in [1.807, 2.05) is 48.5 Å². The lowest BCUT2D eigenvalue weighted by Gasteiger charge is -2.70. The first-order chi connectivity index (χ1) is 25.9. The molecule has 54 heavy (non-hydrogen) atoms. The van der Waals surface area contributed by atoms with Crippen molar-refractivity contribution in [2.24, 2.45) is 10.8 Å². The molecule has 2 bridgehead atoms. The van der Waals surface area contributed by atoms with E-state index in [1.165, 1.54) is 6.92 Å². The maximum absolute atomic E-state index is 14.3. The highest BCUT2D eigenvalue weighted by molar-refractivity contribution is 6.19. The van der Waals surface area contributed by atoms with E-state index < -0.39 is 41.9 Å². The summed E-state index contributed by atoms with van der Waals surface area (Å²) in [4.78, 5) is 44.2. The smallest absolute Gasteiger partial charge is 0.233 e. The molecule has 6 aliphatic rings. The minimum atomic E-state index is -1.69. The summed E-state index contributed by atoms with van der Waals surface area (Å²) >= 11 is 13.0. The molecule has 10 rings (SSSR count). The molecule has 4 N–H and O–H groups in total. The van der Waals surface area contributed by atoms with Crippen molar-refractivity contribution in [1.29, 1.82) is 0 Å². The summed E-state index contributed by atoms with van der Waals surface area (Å²) < 4.78 is 11.8. The van der Waals surface area contributed by atoms with Crippen LogP contribution < -0.4 is 14.5 Å². The normalized spacial score (nSPS) is 32.2. The first-order valence-corrected chi connectivity index (χ1v) is 19.4. The van der Waals surface area contributed by atoms with Crippen LogP contribution in [0.15, 0.2) is 60.7 Å². The first kappa shape index (κ1) is 35.7. The molecule has 13 heteroatoms. The fourth-order valence-corrected chi connectivity index (χ4v) is 10.6. The molecule has 0 spiro atoms. The number of benzene rings is 4. The Morgan fingerprint density at radius 2 is 1.35 bits per heavy atom. The molecule has 0 aromatic heterocycles. The predicted molar refractivity (Wildman–Crippen MR) is 203 cm³/mol. The van der Waals surface area contributed by atoms with Gasteiger partial charge in [-0.25, -0.2) is 0 Å². The van der Waals surface area contributed by atoms with Crippen molar-refractivity contribution in [3.8, 4) is 11.5 Å². The Labute approximate surface area is 321 Å². The number of ketones is 1. The van der Waals surface area contributed by atoms with Gasteiger partial charge in [-0.15, -0.1) is 23.2 Å². The number of Topliss-reactive ketones (excluding diaryl/α,β-unsaturated/α-hetero) is 1. The van der Waals surface area contributed by atoms with Crippen LogP contribution in [0.25, 0.3) is 21.5 Å². The number of aliphatic hydroxyl groups is 3. The average Bonchev–Trinajstić information content (AvgIpc) is 3.71. The molecule has 11 nitrogen and oxygen atoms in total. The van der Waals surface area contributed by atoms with Crippen molar-refractivity contribution in [2.45, 2.75) is 75.1 Å². The highest BCUT2D eigenvalue weighted by atomic mass is 35.5. The SMILES string of the molecule is CC(=O)[C@H]1OC(Oc2cc3c(c4ccccc24)[C@H](CCl)CN3C(=O)CC23CC(C(=O)N4C[C@@H](CCl)c5c4cc(O)c4ccccc54)(C2)C3)[C@H](O)[C@@H](O)[C@@H]1O. The van der Waals surface area contributed by atoms with Gasteiger partial charge in [0.25, 0.3) is 0 Å². The maximum atomic E-state index is 14.3. The van der Waals surface area contributed by atoms with Crippen molar-refractivity contribution in [1.82, 2.24) is 0 Å². The molecule has 3 heterocycles. The monoisotopic (exact) mass is 774 g/mol. The number of carbonyl (C=O) groups is 3. The number of ether oxygens (including phenoxy) is 2. The summed E-state index contributed by atoms with van der Waals surface area (Å²) in [6, 6.07) is 18.4. The van der Waals surface area contributed by atoms with E-state index in [2.05, 4.69) is 0 Å². The molecule has 7 atom stereocenters. The molecule has 0 radical (unpaired) electrons. The van der Waals surface area contributed by atoms with E-state index in [9.17, 15) is 34.8 Å². The number of carbonyl (C=O) groups excluding carboxylic acids is 3. The number of aromatic hydroxyl groups is 1. The molecular formula is C41H40Cl2N2O9. The van der Waals surface area contributed by atoms with E-state index in [1.54, 1.807) is 21.9 Å². The number of alkyl halides is 2. The number of aliphatic hydroxyl groups excluding tert-OH is 3. The number of phenolic OH excluding ortho intramolecular Hbond substituents is 1. The van der Waals surface area contributed by atoms with Gasteiger partial charge in [-0.3, -0.25) is 14.4 Å². The summed E-state index contributed by atoms with van der Waals surface area (Å²) in [6.45, 7) is 2.02. The minimum absolute atomic E-state index is 0.0131. The first-order valence-electron chi connectivity index (χ1n) is 18.3. The van der Waals surface area contributed by atoms with Gasteiger partial charge in [-0.05, 0) is 53.5 Å². The third-order valence-electron chi connectivity index (χ3n) is 12.5. The lowest BCUT2D eigenvalue weighted by atomic mass is 9.34. The second kappa shape index (κ2) is 12.8. The zero-order valence-electron chi connectivity index (χ0n) is 29.5. The Bertz CT molecular complexity index is 2230. The van der Waals surface area contributed by atoms with E-state index in [-0.39, 0.29) is 52.9 Å². The molecule has 4 fully saturated rings. The number of halogens is 2. The molecule has 3 aliphatic heterocycles. The topological polar surface area (TPSA) is 157 Å². The van der Waals surface area contributed by atoms with Crippen LogP contribution in [0.1, 0.15) is 55.6 Å². The van der Waals surface area contributed by atoms with Crippen molar-refractivity contribution in [2.75, 3.05) is 34.6 Å². The second-order valence-corrected chi connectivity index (χ2v) is 16.6. The van der Waals surface area contributed by atoms with Gasteiger partial charge < -0.3 is 39.7 Å². The van der Waals surface area contributed by atoms with Gasteiger partial charge in [0.05, 0.1) is 16.8 Å². The van der Waals surface area contributed by atoms with Crippen molar-refractivity contribution in [3.63, 3.8) is 0 Å². The number of rotatable bonds is 8. The number of fused-ring (bicyclic) bond motifs is 6. The van der Waals surface area contributed by atoms with Crippen molar-refractivity contribution < 1.29 is 44.3 Å². The fourth-order valence-electron chi connectivity index (χ4n) is 10.1. The summed E-state index contributed by atoms with van der Waals surface area (Å²) in [6.07, 6.45) is -5.82. The standard InChI is InChI=1S/C41H40Cl2N2O9/c1-20(46)37-35(50)34(49)36(51)38(54-37)53-30-11-28-33(26-9-5-3-7-24(26)30)21(13-42)15-44(28)31(48)12-40-17-41(18-40,19-40)39(52)45-16-22(14-43)32-25-8-4-2-6-23(25)29(47)10-27(32)45/h2-11,21-22,34-38,47,49-51H,12-19H2,1H3/t21-,22-,34+,35+,36-,37-,38?,40?,41?/m1/s1. The van der Waals surface area contributed by atoms with Crippen LogP contribution in [-0.4, -0.2) is 93.6 Å². The highest BCUT2D eigenvalue weighted by Crippen LogP contribution is 2.76. The van der Waals surface area contributed by atoms with Crippen LogP contribution in [0, 0.1) is 10.8 Å². The minimum Gasteiger partial charge on any atom is -0.507 e. The predicted octanol–water partition coefficient (Wildman–Crippen LogP) is 5.07. The number of nitrogens with zero attached hydrogens (tertiary/aromatic N) is 2. The summed E-state index contributed by atoms with van der Waals surface area (Å²) in [7, 11) is 0. The van der Waals surface area contributed by atoms with Crippen LogP contribution >= 0.6 is 23.2 Å². The Kier molecular flexibility index (Phi) is 8.46. The third kappa shape index (κ3) is 5.19. The molecular weight excluding hydrogens is 735 g/mol. The zero-order valence-corrected chi connectivity index (χ0v) is 31.0. The lowest BCUT2D eigenvalue weighted by molar-refractivity contribution is -0.265. The van der Waals surface area contributed by atoms with E-state index in [4.69, 9.17) is 32.7 Å². The van der Waals surface area contributed by atoms with Crippen molar-refractivity contribution >= 4 is 73.7 Å². The Morgan fingerprint density at radius 1 is 0.796 bits per heavy atom. The van der Waals surface area contributed by atoms with Gasteiger partial charge in [0, 0.05) is 66.0 Å². The second-order valence-electron chi connectivity index (χ2n) is 16.0. The van der Waals surface area contributed by atoms with Crippen LogP contribution in [0.5, 0.6) is 11.5 Å². The average molecular weight is 776 g/mol. The van der Waals surface area contributed by atoms with Gasteiger partial charge >= 0.3 is 0 Å². The van der Waals surface area contributed by atoms with Gasteiger partial charge in [-0.2, -0.15) is 0 Å². The number of phenols is 1. The summed E-state index contributed by atoms with van der Waals surface area (Å²) in [5, 5.41) is 45.6. The van der Waals surface area contributed by atoms with Crippen LogP contribution in [0.3, 0.4) is 0 Å². The molecule has 4 aromatic rings. The largest absolute Gasteiger partial charge is 0.507 e. The van der Waals surface area contributed by atoms with Gasteiger partial charge in [-0.1, -0.05) is 48.5 Å². The molecule has 1 unspecified atom stereocenters. The summed E-state index contributed by atoms with van der Waals surface area (Å²) in [5.74, 6) is 0.160. The Hall–Kier alpha value is -3.97. The molecule has 3 aliphatic carbocycles. The summed E-state index contributed by atoms with van der Waals surface area (Å²) in [5.41, 5.74) is 2.33. The van der Waals surface area contributed by atoms with Crippen LogP contribution in [-0.2, 0) is 19.1 Å². The molecule has 3 saturated carbocycles. The fraction of sp³-hybridized carbons (Fsp3) is 0.439. The molecule has 282 valence electrons. The van der Waals surface area contributed by atoms with Gasteiger partial charge in [0.15, 0.2) is 5.78 Å². The quantitative estimate of drug-likeness (QED) is 0.180. The highest BCUT2D eigenvalue weighted by Gasteiger charge is 2.72. The van der Waals surface area contributed by atoms with E-state index in [0.717, 1.165) is 27.3 Å². The number of hydrogen-bond acceptors (Lipinski definition) is 9. The molecule has 2 amide bonds. The van der Waals surface area contributed by atoms with Gasteiger partial charge in [0.1, 0.15) is 35.9 Å². The van der Waals surface area contributed by atoms with E-state index >= 15 is 0 Å². The van der Waals surface area contributed by atoms with Crippen LogP contribution in [0.4, 0.5) is 11.4 Å². The van der Waals surface area contributed by atoms with E-state index in [0.29, 0.717) is 55.0 Å². The number of hydrogen-bond donors (Lipinski definition) is 4. The number of anilines is 2. The van der Waals surface area contributed by atoms with Crippen LogP contribution in [0.2, 0.25) is 0 Å². The third-order valence-corrected chi connectivity index (χ3v) is 13.3.